The highest BCUT2D eigenvalue weighted by molar-refractivity contribution is 7.91. The van der Waals surface area contributed by atoms with Crippen LogP contribution in [-0.4, -0.2) is 61.8 Å². The van der Waals surface area contributed by atoms with Gasteiger partial charge >= 0.3 is 6.03 Å². The van der Waals surface area contributed by atoms with Gasteiger partial charge in [-0.2, -0.15) is 4.31 Å². The van der Waals surface area contributed by atoms with E-state index < -0.39 is 10.0 Å². The molecule has 1 aromatic heterocycles. The number of hydrogen-bond donors (Lipinski definition) is 2. The number of urea groups is 1. The third-order valence-electron chi connectivity index (χ3n) is 6.07. The fourth-order valence-corrected chi connectivity index (χ4v) is 6.78. The van der Waals surface area contributed by atoms with Crippen LogP contribution in [0.2, 0.25) is 0 Å². The Morgan fingerprint density at radius 3 is 2.22 bits per heavy atom. The van der Waals surface area contributed by atoms with Crippen molar-refractivity contribution < 1.29 is 18.0 Å². The number of anilines is 1. The van der Waals surface area contributed by atoms with Crippen molar-refractivity contribution in [2.24, 2.45) is 5.92 Å². The van der Waals surface area contributed by atoms with Crippen LogP contribution < -0.4 is 10.6 Å². The van der Waals surface area contributed by atoms with Gasteiger partial charge < -0.3 is 15.5 Å². The van der Waals surface area contributed by atoms with E-state index in [0.717, 1.165) is 5.69 Å². The van der Waals surface area contributed by atoms with Crippen LogP contribution in [0.5, 0.6) is 0 Å². The van der Waals surface area contributed by atoms with E-state index in [1.807, 2.05) is 30.3 Å². The lowest BCUT2D eigenvalue weighted by molar-refractivity contribution is -0.127. The number of nitrogens with one attached hydrogen (secondary N) is 2. The van der Waals surface area contributed by atoms with Crippen molar-refractivity contribution in [1.82, 2.24) is 14.5 Å². The maximum absolute atomic E-state index is 12.7. The molecule has 0 radical (unpaired) electrons. The molecule has 0 saturated carbocycles. The van der Waals surface area contributed by atoms with E-state index in [1.165, 1.54) is 15.6 Å². The van der Waals surface area contributed by atoms with Crippen LogP contribution in [0.1, 0.15) is 25.7 Å². The smallest absolute Gasteiger partial charge is 0.321 e. The van der Waals surface area contributed by atoms with E-state index >= 15 is 0 Å². The second-order valence-electron chi connectivity index (χ2n) is 8.18. The monoisotopic (exact) mass is 476 g/mol. The minimum atomic E-state index is -3.46. The number of carbonyl (C=O) groups is 2. The number of amides is 3. The molecule has 0 spiro atoms. The maximum atomic E-state index is 12.7. The van der Waals surface area contributed by atoms with Gasteiger partial charge in [0.05, 0.1) is 0 Å². The number of hydrogen-bond acceptors (Lipinski definition) is 5. The van der Waals surface area contributed by atoms with Gasteiger partial charge in [-0.25, -0.2) is 13.2 Å². The average molecular weight is 477 g/mol. The second kappa shape index (κ2) is 10.0. The van der Waals surface area contributed by atoms with Crippen molar-refractivity contribution in [3.63, 3.8) is 0 Å². The summed E-state index contributed by atoms with van der Waals surface area (Å²) in [5.41, 5.74) is 0.764. The zero-order chi connectivity index (χ0) is 22.6. The lowest BCUT2D eigenvalue weighted by Gasteiger charge is -2.34. The number of para-hydroxylation sites is 1. The normalized spacial score (nSPS) is 18.9. The molecule has 0 aliphatic carbocycles. The molecule has 2 N–H and O–H groups in total. The molecule has 0 atom stereocenters. The molecule has 2 aromatic rings. The van der Waals surface area contributed by atoms with E-state index in [2.05, 4.69) is 10.6 Å². The summed E-state index contributed by atoms with van der Waals surface area (Å²) in [5.74, 6) is -0.186. The fourth-order valence-electron chi connectivity index (χ4n) is 4.17. The van der Waals surface area contributed by atoms with Crippen molar-refractivity contribution in [2.45, 2.75) is 35.9 Å². The van der Waals surface area contributed by atoms with Crippen molar-refractivity contribution in [1.29, 1.82) is 0 Å². The van der Waals surface area contributed by atoms with Gasteiger partial charge in [-0.1, -0.05) is 24.3 Å². The van der Waals surface area contributed by atoms with E-state index in [9.17, 15) is 18.0 Å². The van der Waals surface area contributed by atoms with Gasteiger partial charge in [0.25, 0.3) is 10.0 Å². The lowest BCUT2D eigenvalue weighted by Crippen LogP contribution is -2.50. The van der Waals surface area contributed by atoms with Gasteiger partial charge in [0, 0.05) is 43.8 Å². The number of sulfonamides is 1. The molecule has 3 heterocycles. The highest BCUT2D eigenvalue weighted by Crippen LogP contribution is 2.26. The molecular formula is C22H28N4O4S2. The summed E-state index contributed by atoms with van der Waals surface area (Å²) in [6.45, 7) is 1.88. The molecule has 8 nitrogen and oxygen atoms in total. The minimum Gasteiger partial charge on any atom is -0.353 e. The maximum Gasteiger partial charge on any atom is 0.321 e. The number of thiophene rings is 1. The second-order valence-corrected chi connectivity index (χ2v) is 11.3. The largest absolute Gasteiger partial charge is 0.353 e. The first-order valence-corrected chi connectivity index (χ1v) is 13.2. The predicted octanol–water partition coefficient (Wildman–Crippen LogP) is 2.96. The van der Waals surface area contributed by atoms with Gasteiger partial charge in [-0.05, 0) is 49.3 Å². The van der Waals surface area contributed by atoms with Crippen molar-refractivity contribution in [3.8, 4) is 0 Å². The summed E-state index contributed by atoms with van der Waals surface area (Å²) in [4.78, 5) is 26.9. The van der Waals surface area contributed by atoms with Crippen LogP contribution in [0, 0.1) is 5.92 Å². The summed E-state index contributed by atoms with van der Waals surface area (Å²) in [7, 11) is -3.46. The predicted molar refractivity (Wildman–Crippen MR) is 124 cm³/mol. The molecule has 10 heteroatoms. The van der Waals surface area contributed by atoms with E-state index in [4.69, 9.17) is 0 Å². The third-order valence-corrected chi connectivity index (χ3v) is 9.34. The summed E-state index contributed by atoms with van der Waals surface area (Å²) >= 11 is 1.21. The molecule has 2 aliphatic rings. The molecule has 32 heavy (non-hydrogen) atoms. The number of benzene rings is 1. The first kappa shape index (κ1) is 22.8. The van der Waals surface area contributed by atoms with Gasteiger partial charge in [0.1, 0.15) is 4.21 Å². The summed E-state index contributed by atoms with van der Waals surface area (Å²) < 4.78 is 27.1. The summed E-state index contributed by atoms with van der Waals surface area (Å²) in [6.07, 6.45) is 2.46. The molecule has 0 unspecified atom stereocenters. The number of carbonyl (C=O) groups excluding carboxylic acids is 2. The zero-order valence-electron chi connectivity index (χ0n) is 17.8. The number of piperidine rings is 2. The van der Waals surface area contributed by atoms with Gasteiger partial charge in [0.2, 0.25) is 5.91 Å². The molecule has 0 bridgehead atoms. The SMILES string of the molecule is O=C(NC1CCN(C(=O)Nc2ccccc2)CC1)C1CCN(S(=O)(=O)c2cccs2)CC1. The topological polar surface area (TPSA) is 98.8 Å². The molecule has 4 rings (SSSR count). The summed E-state index contributed by atoms with van der Waals surface area (Å²) in [6, 6.07) is 12.6. The third kappa shape index (κ3) is 5.31. The van der Waals surface area contributed by atoms with Crippen LogP contribution in [0.25, 0.3) is 0 Å². The molecule has 1 aromatic carbocycles. The average Bonchev–Trinajstić information content (AvgIpc) is 3.36. The Balaban J connectivity index is 1.21. The molecule has 3 amide bonds. The van der Waals surface area contributed by atoms with E-state index in [1.54, 1.807) is 22.4 Å². The van der Waals surface area contributed by atoms with Crippen molar-refractivity contribution >= 4 is 39.0 Å². The van der Waals surface area contributed by atoms with Gasteiger partial charge in [0.15, 0.2) is 0 Å². The lowest BCUT2D eigenvalue weighted by atomic mass is 9.96. The molecular weight excluding hydrogens is 448 g/mol. The number of nitrogens with zero attached hydrogens (tertiary/aromatic N) is 2. The van der Waals surface area contributed by atoms with Gasteiger partial charge in [-0.15, -0.1) is 11.3 Å². The quantitative estimate of drug-likeness (QED) is 0.693. The number of rotatable bonds is 5. The molecule has 172 valence electrons. The van der Waals surface area contributed by atoms with E-state index in [-0.39, 0.29) is 23.9 Å². The Bertz CT molecular complexity index is 1010. The minimum absolute atomic E-state index is 0.00893. The Kier molecular flexibility index (Phi) is 7.12. The van der Waals surface area contributed by atoms with Crippen LogP contribution >= 0.6 is 11.3 Å². The first-order valence-electron chi connectivity index (χ1n) is 10.9. The van der Waals surface area contributed by atoms with Crippen molar-refractivity contribution in [2.75, 3.05) is 31.5 Å². The molecule has 2 saturated heterocycles. The van der Waals surface area contributed by atoms with Crippen molar-refractivity contribution in [3.05, 3.63) is 47.8 Å². The zero-order valence-corrected chi connectivity index (χ0v) is 19.4. The van der Waals surface area contributed by atoms with Crippen LogP contribution in [-0.2, 0) is 14.8 Å². The van der Waals surface area contributed by atoms with Crippen LogP contribution in [0.3, 0.4) is 0 Å². The fraction of sp³-hybridized carbons (Fsp3) is 0.455. The Hall–Kier alpha value is -2.43. The highest BCUT2D eigenvalue weighted by atomic mass is 32.2. The Morgan fingerprint density at radius 1 is 0.906 bits per heavy atom. The van der Waals surface area contributed by atoms with Crippen LogP contribution in [0.15, 0.2) is 52.1 Å². The number of likely N-dealkylation sites (tertiary alicyclic amines) is 1. The van der Waals surface area contributed by atoms with Crippen LogP contribution in [0.4, 0.5) is 10.5 Å². The highest BCUT2D eigenvalue weighted by Gasteiger charge is 2.33. The standard InChI is InChI=1S/C22H28N4O4S2/c27-21(17-8-14-26(15-9-17)32(29,30)20-7-4-16-31-20)23-19-10-12-25(13-11-19)22(28)24-18-5-2-1-3-6-18/h1-7,16-17,19H,8-15H2,(H,23,27)(H,24,28). The summed E-state index contributed by atoms with van der Waals surface area (Å²) in [5, 5.41) is 7.76. The molecule has 2 aliphatic heterocycles. The van der Waals surface area contributed by atoms with Gasteiger partial charge in [-0.3, -0.25) is 4.79 Å². The molecule has 2 fully saturated rings. The van der Waals surface area contributed by atoms with E-state index in [0.29, 0.717) is 56.1 Å². The Morgan fingerprint density at radius 2 is 1.59 bits per heavy atom. The first-order chi connectivity index (χ1) is 15.4. The Labute approximate surface area is 192 Å².